The average Bonchev–Trinajstić information content (AvgIpc) is 1.08. The van der Waals surface area contributed by atoms with Crippen molar-refractivity contribution in [2.75, 3.05) is 39.5 Å². The topological polar surface area (TPSA) is 615 Å². The Kier molecular flexibility index (Phi) is 38.7. The second-order valence-electron chi connectivity index (χ2n) is 25.8. The van der Waals surface area contributed by atoms with Crippen molar-refractivity contribution in [1.29, 1.82) is 5.41 Å². The van der Waals surface area contributed by atoms with Crippen molar-refractivity contribution in [2.45, 2.75) is 210 Å². The van der Waals surface area contributed by atoms with Gasteiger partial charge in [-0.1, -0.05) is 90.6 Å². The van der Waals surface area contributed by atoms with Crippen LogP contribution in [-0.4, -0.2) is 246 Å². The van der Waals surface area contributed by atoms with Crippen LogP contribution in [0.2, 0.25) is 0 Å². The second-order valence-corrected chi connectivity index (χ2v) is 25.8. The fourth-order valence-corrected chi connectivity index (χ4v) is 11.2. The Labute approximate surface area is 601 Å². The first-order valence-electron chi connectivity index (χ1n) is 34.5. The van der Waals surface area contributed by atoms with Crippen molar-refractivity contribution < 1.29 is 97.5 Å². The van der Waals surface area contributed by atoms with E-state index in [0.717, 1.165) is 24.2 Å². The van der Waals surface area contributed by atoms with E-state index in [2.05, 4.69) is 63.1 Å². The summed E-state index contributed by atoms with van der Waals surface area (Å²) in [7, 11) is 0. The number of aliphatic hydroxyl groups excluding tert-OH is 3. The number of carboxylic acids is 2. The fourth-order valence-electron chi connectivity index (χ4n) is 11.2. The van der Waals surface area contributed by atoms with Crippen LogP contribution in [0.15, 0.2) is 42.9 Å². The molecule has 38 heteroatoms. The molecule has 23 N–H and O–H groups in total. The highest BCUT2D eigenvalue weighted by Crippen LogP contribution is 2.22. The number of imide groups is 1. The number of unbranched alkanes of at least 4 members (excludes halogenated alkanes) is 4. The molecule has 1 aliphatic rings. The van der Waals surface area contributed by atoms with E-state index in [1.54, 1.807) is 44.2 Å². The number of rotatable bonds is 48. The summed E-state index contributed by atoms with van der Waals surface area (Å²) < 4.78 is 0. The smallest absolute Gasteiger partial charge is 0.326 e. The van der Waals surface area contributed by atoms with Gasteiger partial charge in [0.2, 0.25) is 70.9 Å². The number of carboxylic acid groups (broad SMARTS) is 2. The van der Waals surface area contributed by atoms with E-state index in [1.807, 2.05) is 6.92 Å². The molecular formula is C66H104N18O20. The molecule has 13 amide bonds. The van der Waals surface area contributed by atoms with Crippen molar-refractivity contribution in [1.82, 2.24) is 72.9 Å². The summed E-state index contributed by atoms with van der Waals surface area (Å²) >= 11 is 0. The molecule has 104 heavy (non-hydrogen) atoms. The minimum atomic E-state index is -1.95. The summed E-state index contributed by atoms with van der Waals surface area (Å²) in [6.45, 7) is 4.46. The molecule has 2 aromatic rings. The number of aromatic nitrogens is 2. The molecule has 578 valence electrons. The van der Waals surface area contributed by atoms with E-state index >= 15 is 4.79 Å². The molecule has 1 aromatic carbocycles. The van der Waals surface area contributed by atoms with Crippen molar-refractivity contribution in [3.05, 3.63) is 54.1 Å². The number of imidazole rings is 1. The Hall–Kier alpha value is -10.2. The molecule has 11 atom stereocenters. The summed E-state index contributed by atoms with van der Waals surface area (Å²) in [5.41, 5.74) is 16.8. The summed E-state index contributed by atoms with van der Waals surface area (Å²) in [4.78, 5) is 215. The standard InChI is InChI=1S/C66H104N18O20/c1-6-7-8-9-13-20-52(90)84(64(102)47(34-87)81-60(98)45(32-85)74-51(89)30-67)49(28-38-16-11-10-12-17-38)62(100)79-43(27-36(2)3)58(96)80-46(33-86)63(101)83-26-15-19-48(83)61(99)77-42(22-24-53(91)92)56(94)78-44(29-39-31-71-35-73-39)59(97)76-41(21-23-50(68)88)55(93)75-40(18-14-25-72-66(69)70)57(95)82-54(37(4)5)65(103)104/h10-12,16-17,31,35-37,40-49,54,85-87H,6-9,13-15,18-30,32-34,67H2,1-5H3,(H2,68,88)(H,71,73)(H,74,89)(H,75,93)(H,76,97)(H,77,99)(H,78,94)(H,79,100)(H,80,96)(H,81,98)(H,82,95)(H,91,92)(H,103,104)(H4,69,70,72)/t40-,41-,42-,43-,44-,45-,46-,47-,48-,49-,54-/m0/s1. The Balaban J connectivity index is 2.00. The minimum absolute atomic E-state index is 0.0356. The monoisotopic (exact) mass is 1470 g/mol. The first-order chi connectivity index (χ1) is 49.3. The van der Waals surface area contributed by atoms with Gasteiger partial charge in [-0.05, 0) is 68.8 Å². The van der Waals surface area contributed by atoms with Gasteiger partial charge in [0, 0.05) is 51.4 Å². The number of benzene rings is 1. The van der Waals surface area contributed by atoms with Crippen molar-refractivity contribution in [2.24, 2.45) is 29.0 Å². The molecule has 0 saturated carbocycles. The van der Waals surface area contributed by atoms with Gasteiger partial charge in [0.25, 0.3) is 5.91 Å². The molecule has 0 unspecified atom stereocenters. The van der Waals surface area contributed by atoms with Gasteiger partial charge < -0.3 is 106 Å². The van der Waals surface area contributed by atoms with E-state index in [0.29, 0.717) is 16.9 Å². The number of aliphatic hydroxyl groups is 3. The average molecular weight is 1470 g/mol. The Bertz CT molecular complexity index is 3230. The number of hydrogen-bond donors (Lipinski definition) is 20. The lowest BCUT2D eigenvalue weighted by Gasteiger charge is -2.34. The molecule has 0 aliphatic carbocycles. The summed E-state index contributed by atoms with van der Waals surface area (Å²) in [6, 6.07) is -10.3. The number of amides is 13. The Morgan fingerprint density at radius 1 is 0.625 bits per heavy atom. The van der Waals surface area contributed by atoms with Gasteiger partial charge in [0.1, 0.15) is 66.5 Å². The number of nitrogens with zero attached hydrogens (tertiary/aromatic N) is 3. The van der Waals surface area contributed by atoms with Crippen LogP contribution in [0.25, 0.3) is 0 Å². The van der Waals surface area contributed by atoms with Gasteiger partial charge in [0.15, 0.2) is 5.96 Å². The van der Waals surface area contributed by atoms with Crippen LogP contribution in [0, 0.1) is 17.2 Å². The number of nitrogens with two attached hydrogens (primary N) is 3. The first kappa shape index (κ1) is 88.0. The number of nitrogens with one attached hydrogen (secondary N) is 12. The summed E-state index contributed by atoms with van der Waals surface area (Å²) in [5, 5.41) is 82.6. The second kappa shape index (κ2) is 45.7. The Morgan fingerprint density at radius 3 is 1.73 bits per heavy atom. The largest absolute Gasteiger partial charge is 0.481 e. The van der Waals surface area contributed by atoms with Gasteiger partial charge in [-0.15, -0.1) is 0 Å². The molecule has 0 bridgehead atoms. The minimum Gasteiger partial charge on any atom is -0.481 e. The van der Waals surface area contributed by atoms with Crippen LogP contribution in [0.3, 0.4) is 0 Å². The van der Waals surface area contributed by atoms with Gasteiger partial charge >= 0.3 is 11.9 Å². The third-order valence-electron chi connectivity index (χ3n) is 16.7. The highest BCUT2D eigenvalue weighted by molar-refractivity contribution is 6.05. The number of primary amides is 1. The zero-order valence-electron chi connectivity index (χ0n) is 59.2. The lowest BCUT2D eigenvalue weighted by Crippen LogP contribution is -2.63. The first-order valence-corrected chi connectivity index (χ1v) is 34.5. The molecule has 0 spiro atoms. The van der Waals surface area contributed by atoms with Crippen LogP contribution in [0.4, 0.5) is 0 Å². The van der Waals surface area contributed by atoms with E-state index in [4.69, 9.17) is 22.6 Å². The SMILES string of the molecule is CCCCCCCC(=O)N(C(=O)[C@H](CO)NC(=O)[C@H](CO)NC(=O)CN)[C@@H](Cc1ccccc1)C(=O)N[C@@H](CC(C)C)C(=O)N[C@@H](CO)C(=O)N1CCC[C@H]1C(=O)N[C@@H](CCC(=O)O)C(=O)N[C@@H](Cc1c[nH]cn1)C(=O)N[C@@H](CCC(N)=O)C(=O)N[C@@H](CCCNC(=N)N)C(=O)N[C@H](C(=O)O)C(C)C. The highest BCUT2D eigenvalue weighted by atomic mass is 16.4. The lowest BCUT2D eigenvalue weighted by atomic mass is 9.99. The lowest BCUT2D eigenvalue weighted by molar-refractivity contribution is -0.155. The molecule has 1 aromatic heterocycles. The normalized spacial score (nSPS) is 15.5. The van der Waals surface area contributed by atoms with Crippen LogP contribution >= 0.6 is 0 Å². The van der Waals surface area contributed by atoms with E-state index in [-0.39, 0.29) is 70.2 Å². The van der Waals surface area contributed by atoms with Crippen LogP contribution in [0.1, 0.15) is 142 Å². The molecular weight excluding hydrogens is 1360 g/mol. The number of likely N-dealkylation sites (tertiary alicyclic amines) is 1. The molecule has 3 rings (SSSR count). The number of carbonyl (C=O) groups is 15. The summed E-state index contributed by atoms with van der Waals surface area (Å²) in [5.74, 6) is -17.9. The number of carbonyl (C=O) groups excluding carboxylic acids is 13. The molecule has 1 aliphatic heterocycles. The zero-order chi connectivity index (χ0) is 77.8. The van der Waals surface area contributed by atoms with Crippen molar-refractivity contribution in [3.8, 4) is 0 Å². The molecule has 1 fully saturated rings. The van der Waals surface area contributed by atoms with Gasteiger partial charge in [0.05, 0.1) is 38.4 Å². The van der Waals surface area contributed by atoms with Crippen LogP contribution in [-0.2, 0) is 84.8 Å². The number of hydrogen-bond acceptors (Lipinski definition) is 21. The van der Waals surface area contributed by atoms with Gasteiger partial charge in [-0.3, -0.25) is 77.4 Å². The maximum absolute atomic E-state index is 15.0. The molecule has 1 saturated heterocycles. The van der Waals surface area contributed by atoms with Crippen LogP contribution in [0.5, 0.6) is 0 Å². The molecule has 38 nitrogen and oxygen atoms in total. The third kappa shape index (κ3) is 30.0. The van der Waals surface area contributed by atoms with Crippen LogP contribution < -0.4 is 70.4 Å². The molecule has 2 heterocycles. The highest BCUT2D eigenvalue weighted by Gasteiger charge is 2.43. The van der Waals surface area contributed by atoms with Gasteiger partial charge in [-0.2, -0.15) is 0 Å². The molecule has 0 radical (unpaired) electrons. The number of H-pyrrole nitrogens is 1. The van der Waals surface area contributed by atoms with E-state index in [9.17, 15) is 92.7 Å². The predicted molar refractivity (Wildman–Crippen MR) is 370 cm³/mol. The number of aliphatic carboxylic acids is 2. The Morgan fingerprint density at radius 2 is 1.17 bits per heavy atom. The number of guanidine groups is 1. The zero-order valence-corrected chi connectivity index (χ0v) is 59.2. The van der Waals surface area contributed by atoms with Crippen molar-refractivity contribution in [3.63, 3.8) is 0 Å². The summed E-state index contributed by atoms with van der Waals surface area (Å²) in [6.07, 6.45) is 2.06. The maximum atomic E-state index is 15.0. The van der Waals surface area contributed by atoms with E-state index in [1.165, 1.54) is 26.4 Å². The number of aromatic amines is 1. The third-order valence-corrected chi connectivity index (χ3v) is 16.7. The van der Waals surface area contributed by atoms with Gasteiger partial charge in [-0.25, -0.2) is 9.78 Å². The predicted octanol–water partition coefficient (Wildman–Crippen LogP) is -5.25. The van der Waals surface area contributed by atoms with Crippen molar-refractivity contribution >= 4 is 94.7 Å². The maximum Gasteiger partial charge on any atom is 0.326 e. The quantitative estimate of drug-likeness (QED) is 0.0167. The fraction of sp³-hybridized carbons (Fsp3) is 0.621. The van der Waals surface area contributed by atoms with E-state index < -0.39 is 231 Å².